The first-order valence-electron chi connectivity index (χ1n) is 8.47. The van der Waals surface area contributed by atoms with Crippen molar-refractivity contribution < 1.29 is 9.59 Å². The minimum absolute atomic E-state index is 0.00758. The van der Waals surface area contributed by atoms with E-state index < -0.39 is 5.92 Å². The van der Waals surface area contributed by atoms with Crippen LogP contribution < -0.4 is 0 Å². The Kier molecular flexibility index (Phi) is 6.04. The molecule has 0 bridgehead atoms. The zero-order chi connectivity index (χ0) is 19.4. The van der Waals surface area contributed by atoms with E-state index in [-0.39, 0.29) is 23.2 Å². The fourth-order valence-corrected chi connectivity index (χ4v) is 5.05. The zero-order valence-corrected chi connectivity index (χ0v) is 16.6. The van der Waals surface area contributed by atoms with Crippen LogP contribution in [0.2, 0.25) is 0 Å². The largest absolute Gasteiger partial charge is 0.299 e. The lowest BCUT2D eigenvalue weighted by atomic mass is 9.79. The number of hydrogen-bond donors (Lipinski definition) is 0. The number of nitrogens with zero attached hydrogens (tertiary/aromatic N) is 2. The van der Waals surface area contributed by atoms with Gasteiger partial charge in [0.2, 0.25) is 0 Å². The third-order valence-corrected chi connectivity index (χ3v) is 6.39. The summed E-state index contributed by atoms with van der Waals surface area (Å²) < 4.78 is 0. The molecular formula is C21H18N2O2S2. The molecule has 0 aliphatic carbocycles. The molecule has 0 N–H and O–H groups in total. The first-order valence-corrected chi connectivity index (χ1v) is 10.3. The number of hydrogen-bond acceptors (Lipinski definition) is 6. The van der Waals surface area contributed by atoms with E-state index in [4.69, 9.17) is 0 Å². The lowest BCUT2D eigenvalue weighted by Crippen LogP contribution is -2.31. The van der Waals surface area contributed by atoms with Crippen molar-refractivity contribution in [3.63, 3.8) is 0 Å². The fourth-order valence-electron chi connectivity index (χ4n) is 3.20. The summed E-state index contributed by atoms with van der Waals surface area (Å²) in [6.45, 7) is 3.36. The maximum absolute atomic E-state index is 12.4. The van der Waals surface area contributed by atoms with Crippen molar-refractivity contribution in [2.45, 2.75) is 19.8 Å². The van der Waals surface area contributed by atoms with Gasteiger partial charge >= 0.3 is 0 Å². The number of aliphatic imine (C=N–C) groups is 1. The number of thioether (sulfide) groups is 1. The third-order valence-electron chi connectivity index (χ3n) is 4.45. The normalized spacial score (nSPS) is 19.4. The molecule has 4 nitrogen and oxygen atoms in total. The fraction of sp³-hybridized carbons (Fsp3) is 0.238. The second-order valence-corrected chi connectivity index (χ2v) is 8.19. The summed E-state index contributed by atoms with van der Waals surface area (Å²) in [5.41, 5.74) is 1.79. The number of ketones is 2. The van der Waals surface area contributed by atoms with E-state index >= 15 is 0 Å². The van der Waals surface area contributed by atoms with Crippen molar-refractivity contribution in [1.82, 2.24) is 0 Å². The molecule has 1 aliphatic rings. The van der Waals surface area contributed by atoms with Crippen molar-refractivity contribution in [3.8, 4) is 6.07 Å². The Hall–Kier alpha value is -2.49. The number of Topliss-reactive ketones (excluding diaryl/α,β-unsaturated/α-hetero) is 2. The van der Waals surface area contributed by atoms with Gasteiger partial charge in [0.05, 0.1) is 23.3 Å². The van der Waals surface area contributed by atoms with Gasteiger partial charge in [-0.3, -0.25) is 9.59 Å². The standard InChI is InChI=1S/C21H18N2O2S2/c1-13-19(14(2)24)20(18-9-6-10-26-18)16(11-22)21(23-13)27-12-17(25)15-7-4-3-5-8-15/h3-10,19-20H,12H2,1-2H3/t19?,20-/m0/s1. The van der Waals surface area contributed by atoms with Gasteiger partial charge < -0.3 is 0 Å². The summed E-state index contributed by atoms with van der Waals surface area (Å²) in [5, 5.41) is 12.3. The molecular weight excluding hydrogens is 376 g/mol. The average Bonchev–Trinajstić information content (AvgIpc) is 3.20. The highest BCUT2D eigenvalue weighted by atomic mass is 32.2. The van der Waals surface area contributed by atoms with Crippen LogP contribution in [0.5, 0.6) is 0 Å². The summed E-state index contributed by atoms with van der Waals surface area (Å²) in [7, 11) is 0. The van der Waals surface area contributed by atoms with Crippen LogP contribution in [0.15, 0.2) is 63.4 Å². The van der Waals surface area contributed by atoms with Crippen LogP contribution in [-0.2, 0) is 4.79 Å². The minimum atomic E-state index is -0.438. The van der Waals surface area contributed by atoms with Crippen LogP contribution in [0, 0.1) is 17.2 Å². The van der Waals surface area contributed by atoms with Crippen LogP contribution in [-0.4, -0.2) is 23.0 Å². The molecule has 2 atom stereocenters. The van der Waals surface area contributed by atoms with Crippen molar-refractivity contribution in [1.29, 1.82) is 5.26 Å². The first-order chi connectivity index (χ1) is 13.0. The van der Waals surface area contributed by atoms with Gasteiger partial charge in [-0.1, -0.05) is 48.2 Å². The molecule has 1 aromatic carbocycles. The van der Waals surface area contributed by atoms with E-state index in [2.05, 4.69) is 11.1 Å². The van der Waals surface area contributed by atoms with E-state index in [0.29, 0.717) is 21.9 Å². The van der Waals surface area contributed by atoms with Crippen molar-refractivity contribution in [3.05, 3.63) is 68.9 Å². The number of carbonyl (C=O) groups excluding carboxylic acids is 2. The van der Waals surface area contributed by atoms with Gasteiger partial charge in [-0.2, -0.15) is 5.26 Å². The van der Waals surface area contributed by atoms with E-state index in [1.165, 1.54) is 30.0 Å². The van der Waals surface area contributed by atoms with Gasteiger partial charge in [-0.15, -0.1) is 11.3 Å². The number of carbonyl (C=O) groups is 2. The molecule has 6 heteroatoms. The highest BCUT2D eigenvalue weighted by Crippen LogP contribution is 2.43. The minimum Gasteiger partial charge on any atom is -0.299 e. The Labute approximate surface area is 166 Å². The Bertz CT molecular complexity index is 954. The first kappa shape index (κ1) is 19.3. The van der Waals surface area contributed by atoms with Gasteiger partial charge in [-0.05, 0) is 25.3 Å². The van der Waals surface area contributed by atoms with Crippen molar-refractivity contribution >= 4 is 40.4 Å². The summed E-state index contributed by atoms with van der Waals surface area (Å²) in [4.78, 5) is 30.2. The molecule has 27 heavy (non-hydrogen) atoms. The molecule has 1 unspecified atom stereocenters. The molecule has 0 saturated carbocycles. The van der Waals surface area contributed by atoms with Crippen molar-refractivity contribution in [2.75, 3.05) is 5.75 Å². The van der Waals surface area contributed by atoms with Crippen molar-refractivity contribution in [2.24, 2.45) is 10.9 Å². The highest BCUT2D eigenvalue weighted by molar-refractivity contribution is 8.03. The van der Waals surface area contributed by atoms with E-state index in [9.17, 15) is 14.9 Å². The molecule has 3 rings (SSSR count). The van der Waals surface area contributed by atoms with E-state index in [0.717, 1.165) is 4.88 Å². The maximum Gasteiger partial charge on any atom is 0.173 e. The monoisotopic (exact) mass is 394 g/mol. The second kappa shape index (κ2) is 8.47. The Morgan fingerprint density at radius 2 is 1.96 bits per heavy atom. The topological polar surface area (TPSA) is 70.3 Å². The Balaban J connectivity index is 1.93. The smallest absolute Gasteiger partial charge is 0.173 e. The third kappa shape index (κ3) is 4.10. The molecule has 1 aromatic heterocycles. The quantitative estimate of drug-likeness (QED) is 0.656. The van der Waals surface area contributed by atoms with Crippen LogP contribution in [0.25, 0.3) is 0 Å². The number of rotatable bonds is 6. The van der Waals surface area contributed by atoms with Crippen LogP contribution in [0.3, 0.4) is 0 Å². The second-order valence-electron chi connectivity index (χ2n) is 6.24. The Morgan fingerprint density at radius 1 is 1.22 bits per heavy atom. The van der Waals surface area contributed by atoms with Gasteiger partial charge in [0, 0.05) is 22.1 Å². The van der Waals surface area contributed by atoms with Gasteiger partial charge in [0.15, 0.2) is 5.78 Å². The molecule has 136 valence electrons. The molecule has 0 radical (unpaired) electrons. The molecule has 2 heterocycles. The highest BCUT2D eigenvalue weighted by Gasteiger charge is 2.38. The Morgan fingerprint density at radius 3 is 2.56 bits per heavy atom. The molecule has 0 fully saturated rings. The average molecular weight is 395 g/mol. The number of thiophene rings is 1. The predicted octanol–water partition coefficient (Wildman–Crippen LogP) is 4.86. The predicted molar refractivity (Wildman–Crippen MR) is 110 cm³/mol. The van der Waals surface area contributed by atoms with E-state index in [1.54, 1.807) is 12.1 Å². The number of benzene rings is 1. The maximum atomic E-state index is 12.4. The summed E-state index contributed by atoms with van der Waals surface area (Å²) in [6, 6.07) is 15.2. The lowest BCUT2D eigenvalue weighted by molar-refractivity contribution is -0.119. The summed E-state index contributed by atoms with van der Waals surface area (Å²) >= 11 is 2.79. The summed E-state index contributed by atoms with van der Waals surface area (Å²) in [5.74, 6) is -0.596. The van der Waals surface area contributed by atoms with Crippen LogP contribution in [0.4, 0.5) is 0 Å². The number of nitriles is 1. The molecule has 2 aromatic rings. The van der Waals surface area contributed by atoms with E-state index in [1.807, 2.05) is 42.6 Å². The molecule has 1 aliphatic heterocycles. The lowest BCUT2D eigenvalue weighted by Gasteiger charge is -2.29. The number of allylic oxidation sites excluding steroid dienone is 1. The SMILES string of the molecule is CC(=O)C1C(C)=NC(SCC(=O)c2ccccc2)=C(C#N)[C@H]1c1cccs1. The zero-order valence-electron chi connectivity index (χ0n) is 15.0. The van der Waals surface area contributed by atoms with Crippen LogP contribution in [0.1, 0.15) is 35.0 Å². The summed E-state index contributed by atoms with van der Waals surface area (Å²) in [6.07, 6.45) is 0. The van der Waals surface area contributed by atoms with Gasteiger partial charge in [0.25, 0.3) is 0 Å². The van der Waals surface area contributed by atoms with Gasteiger partial charge in [-0.25, -0.2) is 4.99 Å². The molecule has 0 saturated heterocycles. The van der Waals surface area contributed by atoms with Gasteiger partial charge in [0.1, 0.15) is 10.8 Å². The molecule has 0 spiro atoms. The molecule has 0 amide bonds. The van der Waals surface area contributed by atoms with Crippen LogP contribution >= 0.6 is 23.1 Å².